The molecule has 0 saturated carbocycles. The second-order valence-electron chi connectivity index (χ2n) is 3.86. The molecular formula is C12H12F3N3S. The lowest BCUT2D eigenvalue weighted by Crippen LogP contribution is -2.11. The van der Waals surface area contributed by atoms with Crippen LogP contribution in [0.2, 0.25) is 0 Å². The van der Waals surface area contributed by atoms with Crippen molar-refractivity contribution in [3.05, 3.63) is 40.4 Å². The first-order valence-corrected chi connectivity index (χ1v) is 6.53. The molecule has 0 aliphatic carbocycles. The van der Waals surface area contributed by atoms with Gasteiger partial charge in [-0.3, -0.25) is 0 Å². The van der Waals surface area contributed by atoms with Crippen LogP contribution >= 0.6 is 11.3 Å². The number of aryl methyl sites for hydroxylation is 1. The summed E-state index contributed by atoms with van der Waals surface area (Å²) in [6.07, 6.45) is -3.58. The summed E-state index contributed by atoms with van der Waals surface area (Å²) >= 11 is 1.35. The van der Waals surface area contributed by atoms with Crippen molar-refractivity contribution in [2.75, 3.05) is 5.32 Å². The Morgan fingerprint density at radius 3 is 2.58 bits per heavy atom. The highest BCUT2D eigenvalue weighted by atomic mass is 32.1. The third-order valence-electron chi connectivity index (χ3n) is 2.52. The minimum Gasteiger partial charge on any atom is -0.356 e. The molecule has 0 unspecified atom stereocenters. The van der Waals surface area contributed by atoms with Crippen LogP contribution in [0.5, 0.6) is 0 Å². The molecule has 19 heavy (non-hydrogen) atoms. The summed E-state index contributed by atoms with van der Waals surface area (Å²) in [5.41, 5.74) is -0.425. The molecule has 1 aromatic heterocycles. The zero-order valence-corrected chi connectivity index (χ0v) is 11.0. The van der Waals surface area contributed by atoms with Gasteiger partial charge in [0, 0.05) is 6.54 Å². The molecule has 0 atom stereocenters. The monoisotopic (exact) mass is 287 g/mol. The van der Waals surface area contributed by atoms with Gasteiger partial charge < -0.3 is 5.32 Å². The Morgan fingerprint density at radius 1 is 1.21 bits per heavy atom. The van der Waals surface area contributed by atoms with E-state index in [1.807, 2.05) is 6.92 Å². The zero-order chi connectivity index (χ0) is 13.9. The minimum absolute atomic E-state index is 0.0774. The third kappa shape index (κ3) is 3.44. The highest BCUT2D eigenvalue weighted by Crippen LogP contribution is 2.32. The summed E-state index contributed by atoms with van der Waals surface area (Å²) in [7, 11) is 0. The molecule has 0 amide bonds. The van der Waals surface area contributed by atoms with Crippen molar-refractivity contribution in [3.63, 3.8) is 0 Å². The molecule has 0 radical (unpaired) electrons. The standard InChI is InChI=1S/C12H12F3N3S/c1-2-10-17-18-11(19-10)16-7-8-5-3-4-6-9(8)12(13,14)15/h3-6H,2,7H2,1H3,(H,16,18). The summed E-state index contributed by atoms with van der Waals surface area (Å²) < 4.78 is 38.3. The van der Waals surface area contributed by atoms with Crippen LogP contribution in [0.1, 0.15) is 23.1 Å². The lowest BCUT2D eigenvalue weighted by molar-refractivity contribution is -0.138. The van der Waals surface area contributed by atoms with Crippen molar-refractivity contribution < 1.29 is 13.2 Å². The van der Waals surface area contributed by atoms with Gasteiger partial charge in [-0.05, 0) is 18.1 Å². The first-order chi connectivity index (χ1) is 9.00. The molecule has 0 fully saturated rings. The van der Waals surface area contributed by atoms with E-state index in [4.69, 9.17) is 0 Å². The molecule has 102 valence electrons. The molecule has 3 nitrogen and oxygen atoms in total. The fourth-order valence-electron chi connectivity index (χ4n) is 1.59. The molecule has 0 bridgehead atoms. The fraction of sp³-hybridized carbons (Fsp3) is 0.333. The maximum atomic E-state index is 12.8. The van der Waals surface area contributed by atoms with E-state index in [0.29, 0.717) is 5.13 Å². The predicted octanol–water partition coefficient (Wildman–Crippen LogP) is 3.73. The molecule has 1 N–H and O–H groups in total. The maximum absolute atomic E-state index is 12.8. The lowest BCUT2D eigenvalue weighted by Gasteiger charge is -2.12. The van der Waals surface area contributed by atoms with E-state index >= 15 is 0 Å². The number of benzene rings is 1. The summed E-state index contributed by atoms with van der Waals surface area (Å²) in [5, 5.41) is 12.0. The Balaban J connectivity index is 2.11. The third-order valence-corrected chi connectivity index (χ3v) is 3.55. The van der Waals surface area contributed by atoms with Crippen molar-refractivity contribution in [3.8, 4) is 0 Å². The predicted molar refractivity (Wildman–Crippen MR) is 68.1 cm³/mol. The van der Waals surface area contributed by atoms with Crippen LogP contribution in [0, 0.1) is 0 Å². The van der Waals surface area contributed by atoms with Gasteiger partial charge >= 0.3 is 6.18 Å². The van der Waals surface area contributed by atoms with Crippen LogP contribution in [-0.2, 0) is 19.1 Å². The highest BCUT2D eigenvalue weighted by molar-refractivity contribution is 7.15. The molecule has 2 aromatic rings. The first-order valence-electron chi connectivity index (χ1n) is 5.72. The number of hydrogen-bond acceptors (Lipinski definition) is 4. The average molecular weight is 287 g/mol. The fourth-order valence-corrected chi connectivity index (χ4v) is 2.26. The number of rotatable bonds is 4. The second kappa shape index (κ2) is 5.56. The van der Waals surface area contributed by atoms with Gasteiger partial charge in [-0.2, -0.15) is 13.2 Å². The van der Waals surface area contributed by atoms with Crippen LogP contribution in [0.4, 0.5) is 18.3 Å². The van der Waals surface area contributed by atoms with Crippen LogP contribution in [0.25, 0.3) is 0 Å². The van der Waals surface area contributed by atoms with Gasteiger partial charge in [0.05, 0.1) is 5.56 Å². The van der Waals surface area contributed by atoms with E-state index in [0.717, 1.165) is 17.5 Å². The Labute approximate surface area is 112 Å². The largest absolute Gasteiger partial charge is 0.416 e. The van der Waals surface area contributed by atoms with Gasteiger partial charge in [-0.1, -0.05) is 36.5 Å². The molecule has 0 spiro atoms. The number of halogens is 3. The molecular weight excluding hydrogens is 275 g/mol. The number of nitrogens with zero attached hydrogens (tertiary/aromatic N) is 2. The average Bonchev–Trinajstić information content (AvgIpc) is 2.83. The van der Waals surface area contributed by atoms with Gasteiger partial charge in [0.25, 0.3) is 0 Å². The number of hydrogen-bond donors (Lipinski definition) is 1. The van der Waals surface area contributed by atoms with Crippen molar-refractivity contribution in [2.24, 2.45) is 0 Å². The summed E-state index contributed by atoms with van der Waals surface area (Å²) in [6.45, 7) is 2.03. The molecule has 7 heteroatoms. The topological polar surface area (TPSA) is 37.8 Å². The highest BCUT2D eigenvalue weighted by Gasteiger charge is 2.32. The number of alkyl halides is 3. The second-order valence-corrected chi connectivity index (χ2v) is 4.93. The summed E-state index contributed by atoms with van der Waals surface area (Å²) in [6, 6.07) is 5.50. The molecule has 0 saturated heterocycles. The van der Waals surface area contributed by atoms with E-state index in [1.54, 1.807) is 6.07 Å². The van der Waals surface area contributed by atoms with E-state index in [9.17, 15) is 13.2 Å². The van der Waals surface area contributed by atoms with Gasteiger partial charge in [0.2, 0.25) is 5.13 Å². The molecule has 0 aliphatic rings. The van der Waals surface area contributed by atoms with E-state index in [2.05, 4.69) is 15.5 Å². The number of anilines is 1. The summed E-state index contributed by atoms with van der Waals surface area (Å²) in [5.74, 6) is 0. The molecule has 1 aromatic carbocycles. The quantitative estimate of drug-likeness (QED) is 0.931. The Bertz CT molecular complexity index is 551. The smallest absolute Gasteiger partial charge is 0.356 e. The van der Waals surface area contributed by atoms with Gasteiger partial charge in [0.15, 0.2) is 0 Å². The lowest BCUT2D eigenvalue weighted by atomic mass is 10.1. The van der Waals surface area contributed by atoms with Crippen LogP contribution in [0.15, 0.2) is 24.3 Å². The van der Waals surface area contributed by atoms with Crippen molar-refractivity contribution in [1.29, 1.82) is 0 Å². The zero-order valence-electron chi connectivity index (χ0n) is 10.2. The van der Waals surface area contributed by atoms with Crippen LogP contribution < -0.4 is 5.32 Å². The maximum Gasteiger partial charge on any atom is 0.416 e. The summed E-state index contributed by atoms with van der Waals surface area (Å²) in [4.78, 5) is 0. The van der Waals surface area contributed by atoms with Gasteiger partial charge in [0.1, 0.15) is 5.01 Å². The van der Waals surface area contributed by atoms with Gasteiger partial charge in [-0.25, -0.2) is 0 Å². The van der Waals surface area contributed by atoms with Crippen LogP contribution in [-0.4, -0.2) is 10.2 Å². The van der Waals surface area contributed by atoms with E-state index < -0.39 is 11.7 Å². The van der Waals surface area contributed by atoms with Gasteiger partial charge in [-0.15, -0.1) is 10.2 Å². The Kier molecular flexibility index (Phi) is 4.04. The van der Waals surface area contributed by atoms with Crippen molar-refractivity contribution in [1.82, 2.24) is 10.2 Å². The van der Waals surface area contributed by atoms with Crippen molar-refractivity contribution >= 4 is 16.5 Å². The SMILES string of the molecule is CCc1nnc(NCc2ccccc2C(F)(F)F)s1. The van der Waals surface area contributed by atoms with Crippen molar-refractivity contribution in [2.45, 2.75) is 26.1 Å². The Hall–Kier alpha value is -1.63. The molecule has 0 aliphatic heterocycles. The minimum atomic E-state index is -4.34. The normalized spacial score (nSPS) is 11.6. The Morgan fingerprint density at radius 2 is 1.95 bits per heavy atom. The van der Waals surface area contributed by atoms with Crippen LogP contribution in [0.3, 0.4) is 0 Å². The van der Waals surface area contributed by atoms with E-state index in [-0.39, 0.29) is 12.1 Å². The van der Waals surface area contributed by atoms with E-state index in [1.165, 1.54) is 23.5 Å². The molecule has 1 heterocycles. The number of nitrogens with one attached hydrogen (secondary N) is 1. The number of aromatic nitrogens is 2. The molecule has 2 rings (SSSR count). The first kappa shape index (κ1) is 13.8.